The van der Waals surface area contributed by atoms with Gasteiger partial charge in [0.2, 0.25) is 0 Å². The van der Waals surface area contributed by atoms with Gasteiger partial charge in [-0.2, -0.15) is 0 Å². The summed E-state index contributed by atoms with van der Waals surface area (Å²) in [5.41, 5.74) is 2.40. The van der Waals surface area contributed by atoms with Crippen molar-refractivity contribution in [3.05, 3.63) is 31.9 Å². The minimum Gasteiger partial charge on any atom is -0.505 e. The Bertz CT molecular complexity index is 406. The van der Waals surface area contributed by atoms with E-state index in [1.165, 1.54) is 18.4 Å². The number of nitrogens with one attached hydrogen (secondary N) is 1. The van der Waals surface area contributed by atoms with Crippen LogP contribution < -0.4 is 0 Å². The van der Waals surface area contributed by atoms with Crippen molar-refractivity contribution in [3.63, 3.8) is 0 Å². The van der Waals surface area contributed by atoms with Gasteiger partial charge >= 0.3 is 0 Å². The second-order valence-electron chi connectivity index (χ2n) is 3.75. The molecule has 2 aliphatic carbocycles. The Morgan fingerprint density at radius 2 is 1.80 bits per heavy atom. The molecule has 2 nitrogen and oxygen atoms in total. The molecule has 15 heavy (non-hydrogen) atoms. The lowest BCUT2D eigenvalue weighted by atomic mass is 9.97. The van der Waals surface area contributed by atoms with Crippen molar-refractivity contribution in [3.8, 4) is 0 Å². The summed E-state index contributed by atoms with van der Waals surface area (Å²) in [6, 6.07) is 0. The van der Waals surface area contributed by atoms with Gasteiger partial charge in [0.15, 0.2) is 5.76 Å². The average Bonchev–Trinajstić information content (AvgIpc) is 2.68. The maximum atomic E-state index is 9.70. The number of hydrogen-bond donors (Lipinski definition) is 2. The predicted octanol–water partition coefficient (Wildman–Crippen LogP) is 4.33. The van der Waals surface area contributed by atoms with Crippen molar-refractivity contribution in [1.29, 1.82) is 5.41 Å². The summed E-state index contributed by atoms with van der Waals surface area (Å²) < 4.78 is 1.47. The average molecular weight is 333 g/mol. The third kappa shape index (κ3) is 1.97. The van der Waals surface area contributed by atoms with Gasteiger partial charge in [0.25, 0.3) is 0 Å². The molecule has 0 unspecified atom stereocenters. The van der Waals surface area contributed by atoms with Crippen molar-refractivity contribution >= 4 is 37.6 Å². The molecule has 0 aliphatic heterocycles. The Balaban J connectivity index is 2.49. The molecule has 0 aromatic heterocycles. The van der Waals surface area contributed by atoms with Gasteiger partial charge in [0.1, 0.15) is 5.71 Å². The number of rotatable bonds is 0. The van der Waals surface area contributed by atoms with E-state index in [0.717, 1.165) is 22.9 Å². The van der Waals surface area contributed by atoms with Gasteiger partial charge in [-0.25, -0.2) is 0 Å². The Morgan fingerprint density at radius 1 is 1.20 bits per heavy atom. The molecular weight excluding hydrogens is 322 g/mol. The van der Waals surface area contributed by atoms with Crippen LogP contribution in [-0.4, -0.2) is 10.8 Å². The maximum absolute atomic E-state index is 9.70. The van der Waals surface area contributed by atoms with E-state index in [4.69, 9.17) is 5.41 Å². The van der Waals surface area contributed by atoms with Gasteiger partial charge < -0.3 is 5.11 Å². The monoisotopic (exact) mass is 331 g/mol. The molecule has 0 radical (unpaired) electrons. The van der Waals surface area contributed by atoms with Gasteiger partial charge in [-0.05, 0) is 47.7 Å². The second-order valence-corrected chi connectivity index (χ2v) is 5.46. The fourth-order valence-electron chi connectivity index (χ4n) is 2.01. The molecule has 2 aliphatic rings. The highest BCUT2D eigenvalue weighted by Gasteiger charge is 2.25. The first kappa shape index (κ1) is 11.1. The minimum absolute atomic E-state index is 0.0348. The zero-order valence-electron chi connectivity index (χ0n) is 8.11. The molecule has 0 saturated heterocycles. The Kier molecular flexibility index (Phi) is 3.16. The first-order chi connectivity index (χ1) is 7.11. The highest BCUT2D eigenvalue weighted by atomic mass is 79.9. The zero-order chi connectivity index (χ0) is 11.0. The maximum Gasteiger partial charge on any atom is 0.155 e. The third-order valence-corrected chi connectivity index (χ3v) is 4.00. The van der Waals surface area contributed by atoms with Gasteiger partial charge in [-0.3, -0.25) is 5.41 Å². The van der Waals surface area contributed by atoms with E-state index in [0.29, 0.717) is 4.48 Å². The summed E-state index contributed by atoms with van der Waals surface area (Å²) in [6.07, 6.45) is 6.29. The van der Waals surface area contributed by atoms with Crippen LogP contribution in [0.4, 0.5) is 0 Å². The first-order valence-electron chi connectivity index (χ1n) is 4.89. The Labute approximate surface area is 106 Å². The molecule has 0 aromatic rings. The summed E-state index contributed by atoms with van der Waals surface area (Å²) in [5.74, 6) is 0.0348. The van der Waals surface area contributed by atoms with Gasteiger partial charge in [0, 0.05) is 10.1 Å². The van der Waals surface area contributed by atoms with Crippen LogP contribution in [0.25, 0.3) is 0 Å². The van der Waals surface area contributed by atoms with Crippen LogP contribution in [0.3, 0.4) is 0 Å². The molecule has 0 aromatic carbocycles. The van der Waals surface area contributed by atoms with Crippen molar-refractivity contribution in [2.75, 3.05) is 0 Å². The molecule has 80 valence electrons. The molecule has 0 heterocycles. The van der Waals surface area contributed by atoms with Crippen molar-refractivity contribution in [2.24, 2.45) is 0 Å². The number of hydrogen-bond acceptors (Lipinski definition) is 2. The van der Waals surface area contributed by atoms with Crippen LogP contribution in [0.5, 0.6) is 0 Å². The van der Waals surface area contributed by atoms with E-state index >= 15 is 0 Å². The van der Waals surface area contributed by atoms with Crippen LogP contribution >= 0.6 is 31.9 Å². The van der Waals surface area contributed by atoms with E-state index < -0.39 is 0 Å². The molecule has 2 rings (SSSR count). The van der Waals surface area contributed by atoms with Gasteiger partial charge in [-0.1, -0.05) is 21.5 Å². The fourth-order valence-corrected chi connectivity index (χ4v) is 3.45. The summed E-state index contributed by atoms with van der Waals surface area (Å²) in [5, 5.41) is 17.6. The number of aliphatic hydroxyl groups excluding tert-OH is 1. The number of halogens is 2. The number of allylic oxidation sites excluding steroid dienone is 5. The molecular formula is C11H11Br2NO. The van der Waals surface area contributed by atoms with Crippen molar-refractivity contribution in [1.82, 2.24) is 0 Å². The topological polar surface area (TPSA) is 44.1 Å². The molecule has 1 saturated carbocycles. The third-order valence-electron chi connectivity index (χ3n) is 2.77. The van der Waals surface area contributed by atoms with Crippen LogP contribution in [0, 0.1) is 5.41 Å². The molecule has 0 bridgehead atoms. The van der Waals surface area contributed by atoms with Crippen LogP contribution in [-0.2, 0) is 0 Å². The fraction of sp³-hybridized carbons (Fsp3) is 0.364. The van der Waals surface area contributed by atoms with E-state index in [9.17, 15) is 5.11 Å². The lowest BCUT2D eigenvalue weighted by molar-refractivity contribution is 0.441. The summed E-state index contributed by atoms with van der Waals surface area (Å²) >= 11 is 6.69. The zero-order valence-corrected chi connectivity index (χ0v) is 11.3. The summed E-state index contributed by atoms with van der Waals surface area (Å²) in [7, 11) is 0. The molecule has 2 N–H and O–H groups in total. The number of aliphatic hydroxyl groups is 1. The van der Waals surface area contributed by atoms with E-state index in [-0.39, 0.29) is 11.5 Å². The molecule has 4 heteroatoms. The van der Waals surface area contributed by atoms with Crippen molar-refractivity contribution < 1.29 is 5.11 Å². The molecule has 0 spiro atoms. The normalized spacial score (nSPS) is 22.5. The Morgan fingerprint density at radius 3 is 2.40 bits per heavy atom. The van der Waals surface area contributed by atoms with Crippen molar-refractivity contribution in [2.45, 2.75) is 25.7 Å². The predicted molar refractivity (Wildman–Crippen MR) is 68.8 cm³/mol. The van der Waals surface area contributed by atoms with E-state index in [2.05, 4.69) is 31.9 Å². The van der Waals surface area contributed by atoms with E-state index in [1.807, 2.05) is 6.08 Å². The van der Waals surface area contributed by atoms with Crippen LogP contribution in [0.1, 0.15) is 25.7 Å². The first-order valence-corrected chi connectivity index (χ1v) is 6.47. The lowest BCUT2D eigenvalue weighted by Gasteiger charge is -2.17. The van der Waals surface area contributed by atoms with Crippen LogP contribution in [0.2, 0.25) is 0 Å². The standard InChI is InChI=1S/C11H11Br2NO/c12-7-5-8(13)11(15)10(14)9(7)6-3-1-2-4-6/h5,14-15H,1-4H2. The largest absolute Gasteiger partial charge is 0.505 e. The minimum atomic E-state index is 0.0348. The summed E-state index contributed by atoms with van der Waals surface area (Å²) in [6.45, 7) is 0. The Hall–Kier alpha value is -0.350. The van der Waals surface area contributed by atoms with Gasteiger partial charge in [-0.15, -0.1) is 0 Å². The molecule has 0 atom stereocenters. The summed E-state index contributed by atoms with van der Waals surface area (Å²) in [4.78, 5) is 0. The smallest absolute Gasteiger partial charge is 0.155 e. The molecule has 1 fully saturated rings. The molecule has 0 amide bonds. The quantitative estimate of drug-likeness (QED) is 0.681. The second kappa shape index (κ2) is 4.26. The van der Waals surface area contributed by atoms with Gasteiger partial charge in [0.05, 0.1) is 4.48 Å². The SMILES string of the molecule is N=C1C(O)=C(Br)C=C(Br)C1=C1CCCC1. The van der Waals surface area contributed by atoms with E-state index in [1.54, 1.807) is 0 Å². The highest BCUT2D eigenvalue weighted by Crippen LogP contribution is 2.38. The van der Waals surface area contributed by atoms with Crippen LogP contribution in [0.15, 0.2) is 31.9 Å². The lowest BCUT2D eigenvalue weighted by Crippen LogP contribution is -2.12. The highest BCUT2D eigenvalue weighted by molar-refractivity contribution is 9.12.